The van der Waals surface area contributed by atoms with Crippen molar-refractivity contribution in [2.45, 2.75) is 51.6 Å². The lowest BCUT2D eigenvalue weighted by Crippen LogP contribution is -2.53. The molecule has 5 rings (SSSR count). The number of hydrogen-bond acceptors (Lipinski definition) is 7. The molecule has 2 aliphatic rings. The van der Waals surface area contributed by atoms with Gasteiger partial charge in [0.05, 0.1) is 13.2 Å². The van der Waals surface area contributed by atoms with E-state index in [9.17, 15) is 14.4 Å². The van der Waals surface area contributed by atoms with Crippen LogP contribution < -0.4 is 10.6 Å². The third kappa shape index (κ3) is 5.97. The Morgan fingerprint density at radius 1 is 0.810 bits per heavy atom. The Labute approximate surface area is 245 Å². The molecular weight excluding hydrogens is 536 g/mol. The second-order valence-electron chi connectivity index (χ2n) is 11.2. The monoisotopic (exact) mass is 572 g/mol. The normalized spacial score (nSPS) is 27.6. The topological polar surface area (TPSA) is 112 Å². The van der Waals surface area contributed by atoms with Crippen LogP contribution in [-0.4, -0.2) is 42.6 Å². The quantitative estimate of drug-likeness (QED) is 0.225. The Hall–Kier alpha value is -4.37. The van der Waals surface area contributed by atoms with Crippen molar-refractivity contribution in [2.75, 3.05) is 17.2 Å². The van der Waals surface area contributed by atoms with Crippen molar-refractivity contribution in [3.8, 4) is 0 Å². The summed E-state index contributed by atoms with van der Waals surface area (Å²) in [6.07, 6.45) is -2.44. The molecule has 0 saturated heterocycles. The highest BCUT2D eigenvalue weighted by Gasteiger charge is 2.84. The Balaban J connectivity index is 1.39. The maximum Gasteiger partial charge on any atom is 0.412 e. The second kappa shape index (κ2) is 12.2. The molecule has 0 bridgehead atoms. The first-order valence-corrected chi connectivity index (χ1v) is 14.1. The van der Waals surface area contributed by atoms with Gasteiger partial charge in [-0.3, -0.25) is 15.4 Å². The fourth-order valence-electron chi connectivity index (χ4n) is 6.35. The van der Waals surface area contributed by atoms with Crippen LogP contribution >= 0.6 is 0 Å². The van der Waals surface area contributed by atoms with Gasteiger partial charge in [0.1, 0.15) is 6.10 Å². The molecule has 9 nitrogen and oxygen atoms in total. The Morgan fingerprint density at radius 2 is 1.33 bits per heavy atom. The predicted octanol–water partition coefficient (Wildman–Crippen LogP) is 6.42. The molecule has 220 valence electrons. The zero-order chi connectivity index (χ0) is 29.7. The average molecular weight is 573 g/mol. The molecule has 42 heavy (non-hydrogen) atoms. The smallest absolute Gasteiger partial charge is 0.412 e. The van der Waals surface area contributed by atoms with Crippen LogP contribution in [0.3, 0.4) is 0 Å². The van der Waals surface area contributed by atoms with E-state index >= 15 is 0 Å². The van der Waals surface area contributed by atoms with Crippen LogP contribution in [0, 0.1) is 17.3 Å². The maximum atomic E-state index is 13.2. The lowest BCUT2D eigenvalue weighted by atomic mass is 9.82. The minimum absolute atomic E-state index is 0.246. The average Bonchev–Trinajstić information content (AvgIpc) is 3.47. The van der Waals surface area contributed by atoms with Gasteiger partial charge in [-0.25, -0.2) is 9.59 Å². The number of amides is 2. The van der Waals surface area contributed by atoms with Crippen molar-refractivity contribution in [2.24, 2.45) is 17.3 Å². The van der Waals surface area contributed by atoms with Crippen molar-refractivity contribution >= 4 is 29.5 Å². The van der Waals surface area contributed by atoms with Gasteiger partial charge in [0.25, 0.3) is 0 Å². The van der Waals surface area contributed by atoms with Gasteiger partial charge in [-0.1, -0.05) is 80.6 Å². The zero-order valence-corrected chi connectivity index (χ0v) is 23.9. The van der Waals surface area contributed by atoms with E-state index < -0.39 is 47.3 Å². The van der Waals surface area contributed by atoms with Crippen LogP contribution in [-0.2, 0) is 30.3 Å². The van der Waals surface area contributed by atoms with E-state index in [0.717, 1.165) is 5.56 Å². The lowest BCUT2D eigenvalue weighted by Gasteiger charge is -2.40. The van der Waals surface area contributed by atoms with Crippen LogP contribution in [0.15, 0.2) is 91.0 Å². The standard InChI is InChI=1S/C33H36N2O7/c1-22-27(40-30(37)34-25-15-9-5-10-16-25)19-28-32(3,21-39-20-24-13-7-4-8-14-24)33(28,42-23(2)36)29(22)41-31(38)35-26-17-11-6-12-18-26/h4-18,22,27-29H,19-21H2,1-3H3,(H,34,37)(H,35,38)/t22-,27-,28?,29+,32?,33+/m0/s1. The summed E-state index contributed by atoms with van der Waals surface area (Å²) >= 11 is 0. The number of para-hydroxylation sites is 2. The van der Waals surface area contributed by atoms with Gasteiger partial charge in [0, 0.05) is 35.5 Å². The summed E-state index contributed by atoms with van der Waals surface area (Å²) in [6, 6.07) is 27.7. The summed E-state index contributed by atoms with van der Waals surface area (Å²) in [6.45, 7) is 5.77. The molecule has 2 aliphatic carbocycles. The van der Waals surface area contributed by atoms with Gasteiger partial charge in [0.2, 0.25) is 0 Å². The molecule has 2 unspecified atom stereocenters. The number of rotatable bonds is 9. The highest BCUT2D eigenvalue weighted by molar-refractivity contribution is 5.85. The van der Waals surface area contributed by atoms with Crippen LogP contribution in [0.1, 0.15) is 32.8 Å². The summed E-state index contributed by atoms with van der Waals surface area (Å²) in [7, 11) is 0. The summed E-state index contributed by atoms with van der Waals surface area (Å²) in [5, 5.41) is 5.50. The highest BCUT2D eigenvalue weighted by Crippen LogP contribution is 2.72. The van der Waals surface area contributed by atoms with Crippen LogP contribution in [0.25, 0.3) is 0 Å². The molecule has 0 aromatic heterocycles. The lowest BCUT2D eigenvalue weighted by molar-refractivity contribution is -0.174. The molecule has 2 N–H and O–H groups in total. The Kier molecular flexibility index (Phi) is 8.49. The molecule has 0 aliphatic heterocycles. The van der Waals surface area contributed by atoms with Crippen molar-refractivity contribution in [1.29, 1.82) is 0 Å². The van der Waals surface area contributed by atoms with E-state index in [1.807, 2.05) is 68.4 Å². The SMILES string of the molecule is CC(=O)O[C@]12C(C[C@H](OC(=O)Nc3ccccc3)[C@H](C)[C@H]1OC(=O)Nc1ccccc1)C2(C)COCc1ccccc1. The fourth-order valence-corrected chi connectivity index (χ4v) is 6.35. The Bertz CT molecular complexity index is 1390. The molecule has 9 heteroatoms. The highest BCUT2D eigenvalue weighted by atomic mass is 16.6. The fraction of sp³-hybridized carbons (Fsp3) is 0.364. The van der Waals surface area contributed by atoms with Gasteiger partial charge in [-0.05, 0) is 36.2 Å². The third-order valence-electron chi connectivity index (χ3n) is 8.41. The molecule has 0 radical (unpaired) electrons. The number of ether oxygens (including phenoxy) is 4. The van der Waals surface area contributed by atoms with Crippen molar-refractivity contribution in [3.05, 3.63) is 96.6 Å². The molecule has 2 amide bonds. The first-order chi connectivity index (χ1) is 20.2. The zero-order valence-electron chi connectivity index (χ0n) is 23.9. The van der Waals surface area contributed by atoms with Gasteiger partial charge in [-0.2, -0.15) is 0 Å². The van der Waals surface area contributed by atoms with Crippen molar-refractivity contribution < 1.29 is 33.3 Å². The molecule has 3 aromatic carbocycles. The largest absolute Gasteiger partial charge is 0.454 e. The minimum Gasteiger partial charge on any atom is -0.454 e. The van der Waals surface area contributed by atoms with Gasteiger partial charge >= 0.3 is 18.2 Å². The number of carbonyl (C=O) groups excluding carboxylic acids is 3. The van der Waals surface area contributed by atoms with Crippen molar-refractivity contribution in [3.63, 3.8) is 0 Å². The number of fused-ring (bicyclic) bond motifs is 1. The van der Waals surface area contributed by atoms with E-state index in [0.29, 0.717) is 24.4 Å². The molecule has 2 saturated carbocycles. The van der Waals surface area contributed by atoms with Crippen LogP contribution in [0.2, 0.25) is 0 Å². The summed E-state index contributed by atoms with van der Waals surface area (Å²) in [5.41, 5.74) is 0.310. The van der Waals surface area contributed by atoms with Gasteiger partial charge < -0.3 is 18.9 Å². The van der Waals surface area contributed by atoms with Gasteiger partial charge in [0.15, 0.2) is 11.7 Å². The van der Waals surface area contributed by atoms with E-state index in [1.54, 1.807) is 36.4 Å². The number of anilines is 2. The molecular formula is C33H36N2O7. The molecule has 0 spiro atoms. The van der Waals surface area contributed by atoms with Crippen LogP contribution in [0.5, 0.6) is 0 Å². The molecule has 0 heterocycles. The van der Waals surface area contributed by atoms with E-state index in [2.05, 4.69) is 10.6 Å². The third-order valence-corrected chi connectivity index (χ3v) is 8.41. The summed E-state index contributed by atoms with van der Waals surface area (Å²) < 4.78 is 24.2. The predicted molar refractivity (Wildman–Crippen MR) is 157 cm³/mol. The van der Waals surface area contributed by atoms with Crippen LogP contribution in [0.4, 0.5) is 21.0 Å². The maximum absolute atomic E-state index is 13.2. The summed E-state index contributed by atoms with van der Waals surface area (Å²) in [5.74, 6) is -1.28. The first kappa shape index (κ1) is 29.1. The van der Waals surface area contributed by atoms with E-state index in [-0.39, 0.29) is 12.5 Å². The number of esters is 1. The van der Waals surface area contributed by atoms with Crippen molar-refractivity contribution in [1.82, 2.24) is 0 Å². The van der Waals surface area contributed by atoms with E-state index in [4.69, 9.17) is 18.9 Å². The molecule has 2 fully saturated rings. The minimum atomic E-state index is -1.15. The number of hydrogen-bond donors (Lipinski definition) is 2. The second-order valence-corrected chi connectivity index (χ2v) is 11.2. The van der Waals surface area contributed by atoms with Gasteiger partial charge in [-0.15, -0.1) is 0 Å². The van der Waals surface area contributed by atoms with E-state index in [1.165, 1.54) is 6.92 Å². The first-order valence-electron chi connectivity index (χ1n) is 14.1. The summed E-state index contributed by atoms with van der Waals surface area (Å²) in [4.78, 5) is 38.6. The molecule has 6 atom stereocenters. The number of carbonyl (C=O) groups is 3. The molecule has 3 aromatic rings. The number of nitrogens with one attached hydrogen (secondary N) is 2. The number of benzene rings is 3. The Morgan fingerprint density at radius 3 is 1.88 bits per heavy atom.